The fourth-order valence-corrected chi connectivity index (χ4v) is 2.72. The summed E-state index contributed by atoms with van der Waals surface area (Å²) >= 11 is 0. The van der Waals surface area contributed by atoms with Gasteiger partial charge in [0, 0.05) is 19.6 Å². The molecule has 0 saturated carbocycles. The Balaban J connectivity index is 1.43. The quantitative estimate of drug-likeness (QED) is 0.844. The largest absolute Gasteiger partial charge is 0.487 e. The van der Waals surface area contributed by atoms with Crippen molar-refractivity contribution in [2.45, 2.75) is 25.9 Å². The number of ether oxygens (including phenoxy) is 2. The van der Waals surface area contributed by atoms with Gasteiger partial charge in [-0.05, 0) is 37.0 Å². The molecule has 0 radical (unpaired) electrons. The van der Waals surface area contributed by atoms with E-state index >= 15 is 0 Å². The van der Waals surface area contributed by atoms with E-state index in [9.17, 15) is 4.79 Å². The van der Waals surface area contributed by atoms with Crippen molar-refractivity contribution in [2.75, 3.05) is 26.3 Å². The molecular formula is C16H21NO3. The lowest BCUT2D eigenvalue weighted by atomic mass is 10.0. The van der Waals surface area contributed by atoms with Crippen LogP contribution >= 0.6 is 0 Å². The van der Waals surface area contributed by atoms with Crippen molar-refractivity contribution in [1.82, 2.24) is 4.90 Å². The first kappa shape index (κ1) is 13.4. The number of amides is 1. The molecule has 2 aliphatic rings. The number of benzene rings is 1. The number of likely N-dealkylation sites (tertiary alicyclic amines) is 1. The molecule has 1 aromatic rings. The Bertz CT molecular complexity index is 476. The van der Waals surface area contributed by atoms with E-state index < -0.39 is 0 Å². The van der Waals surface area contributed by atoms with Crippen LogP contribution in [0.4, 0.5) is 0 Å². The fraction of sp³-hybridized carbons (Fsp3) is 0.562. The summed E-state index contributed by atoms with van der Waals surface area (Å²) in [6.45, 7) is 5.01. The van der Waals surface area contributed by atoms with Gasteiger partial charge in [-0.3, -0.25) is 4.79 Å². The van der Waals surface area contributed by atoms with Gasteiger partial charge in [0.05, 0.1) is 13.1 Å². The molecule has 0 aromatic heterocycles. The number of carbonyl (C=O) groups is 1. The summed E-state index contributed by atoms with van der Waals surface area (Å²) in [6.07, 6.45) is 1.78. The van der Waals surface area contributed by atoms with Crippen molar-refractivity contribution < 1.29 is 14.3 Å². The standard InChI is InChI=1S/C16H21NO3/c1-12-3-2-4-14(7-12)20-15-9-17(10-15)16(18)8-13-5-6-19-11-13/h2-4,7,13,15H,5-6,8-11H2,1H3. The predicted octanol–water partition coefficient (Wildman–Crippen LogP) is 2.01. The van der Waals surface area contributed by atoms with Crippen LogP contribution in [0.15, 0.2) is 24.3 Å². The molecular weight excluding hydrogens is 254 g/mol. The van der Waals surface area contributed by atoms with E-state index in [2.05, 4.69) is 0 Å². The molecule has 2 fully saturated rings. The van der Waals surface area contributed by atoms with Gasteiger partial charge in [-0.1, -0.05) is 12.1 Å². The number of hydrogen-bond donors (Lipinski definition) is 0. The van der Waals surface area contributed by atoms with Gasteiger partial charge in [0.1, 0.15) is 11.9 Å². The summed E-state index contributed by atoms with van der Waals surface area (Å²) in [5.74, 6) is 1.55. The lowest BCUT2D eigenvalue weighted by Crippen LogP contribution is -2.56. The van der Waals surface area contributed by atoms with Crippen LogP contribution in [0, 0.1) is 12.8 Å². The normalized spacial score (nSPS) is 22.6. The van der Waals surface area contributed by atoms with Crippen molar-refractivity contribution in [3.8, 4) is 5.75 Å². The third kappa shape index (κ3) is 3.12. The van der Waals surface area contributed by atoms with Gasteiger partial charge in [-0.25, -0.2) is 0 Å². The molecule has 0 N–H and O–H groups in total. The molecule has 2 aliphatic heterocycles. The molecule has 2 saturated heterocycles. The van der Waals surface area contributed by atoms with Gasteiger partial charge in [-0.15, -0.1) is 0 Å². The van der Waals surface area contributed by atoms with Crippen LogP contribution in [0.5, 0.6) is 5.75 Å². The molecule has 4 nitrogen and oxygen atoms in total. The van der Waals surface area contributed by atoms with E-state index in [0.717, 1.165) is 25.4 Å². The number of nitrogens with zero attached hydrogens (tertiary/aromatic N) is 1. The first-order valence-electron chi connectivity index (χ1n) is 7.29. The van der Waals surface area contributed by atoms with Gasteiger partial charge in [0.15, 0.2) is 0 Å². The second-order valence-electron chi connectivity index (χ2n) is 5.79. The molecule has 1 aromatic carbocycles. The predicted molar refractivity (Wildman–Crippen MR) is 75.7 cm³/mol. The van der Waals surface area contributed by atoms with Crippen molar-refractivity contribution in [2.24, 2.45) is 5.92 Å². The highest BCUT2D eigenvalue weighted by molar-refractivity contribution is 5.77. The van der Waals surface area contributed by atoms with Crippen molar-refractivity contribution in [3.05, 3.63) is 29.8 Å². The molecule has 0 aliphatic carbocycles. The smallest absolute Gasteiger partial charge is 0.223 e. The van der Waals surface area contributed by atoms with E-state index in [1.54, 1.807) is 0 Å². The van der Waals surface area contributed by atoms with Gasteiger partial charge in [0.25, 0.3) is 0 Å². The minimum atomic E-state index is 0.139. The highest BCUT2D eigenvalue weighted by Crippen LogP contribution is 2.22. The Morgan fingerprint density at radius 3 is 3.00 bits per heavy atom. The lowest BCUT2D eigenvalue weighted by molar-refractivity contribution is -0.141. The summed E-state index contributed by atoms with van der Waals surface area (Å²) in [5, 5.41) is 0. The van der Waals surface area contributed by atoms with Crippen molar-refractivity contribution >= 4 is 5.91 Å². The molecule has 0 spiro atoms. The summed E-state index contributed by atoms with van der Waals surface area (Å²) < 4.78 is 11.2. The molecule has 20 heavy (non-hydrogen) atoms. The molecule has 1 atom stereocenters. The maximum absolute atomic E-state index is 12.0. The number of rotatable bonds is 4. The van der Waals surface area contributed by atoms with Crippen molar-refractivity contribution in [1.29, 1.82) is 0 Å². The van der Waals surface area contributed by atoms with Crippen LogP contribution in [0.2, 0.25) is 0 Å². The molecule has 4 heteroatoms. The van der Waals surface area contributed by atoms with E-state index in [0.29, 0.717) is 25.4 Å². The lowest BCUT2D eigenvalue weighted by Gasteiger charge is -2.39. The number of carbonyl (C=O) groups excluding carboxylic acids is 1. The Kier molecular flexibility index (Phi) is 3.92. The SMILES string of the molecule is Cc1cccc(OC2CN(C(=O)CC3CCOC3)C2)c1. The topological polar surface area (TPSA) is 38.8 Å². The average molecular weight is 275 g/mol. The minimum Gasteiger partial charge on any atom is -0.487 e. The summed E-state index contributed by atoms with van der Waals surface area (Å²) in [4.78, 5) is 13.9. The zero-order chi connectivity index (χ0) is 13.9. The molecule has 2 heterocycles. The van der Waals surface area contributed by atoms with Crippen LogP contribution in [0.25, 0.3) is 0 Å². The summed E-state index contributed by atoms with van der Waals surface area (Å²) in [6, 6.07) is 8.03. The number of hydrogen-bond acceptors (Lipinski definition) is 3. The Hall–Kier alpha value is -1.55. The third-order valence-corrected chi connectivity index (χ3v) is 3.98. The minimum absolute atomic E-state index is 0.139. The zero-order valence-corrected chi connectivity index (χ0v) is 11.9. The Morgan fingerprint density at radius 1 is 1.45 bits per heavy atom. The van der Waals surface area contributed by atoms with Gasteiger partial charge in [0.2, 0.25) is 5.91 Å². The Morgan fingerprint density at radius 2 is 2.30 bits per heavy atom. The van der Waals surface area contributed by atoms with E-state index in [1.165, 1.54) is 5.56 Å². The average Bonchev–Trinajstić information content (AvgIpc) is 2.86. The highest BCUT2D eigenvalue weighted by atomic mass is 16.5. The maximum atomic E-state index is 12.0. The first-order valence-corrected chi connectivity index (χ1v) is 7.29. The van der Waals surface area contributed by atoms with Gasteiger partial charge < -0.3 is 14.4 Å². The summed E-state index contributed by atoms with van der Waals surface area (Å²) in [7, 11) is 0. The van der Waals surface area contributed by atoms with E-state index in [4.69, 9.17) is 9.47 Å². The molecule has 108 valence electrons. The second kappa shape index (κ2) is 5.83. The van der Waals surface area contributed by atoms with Gasteiger partial charge in [-0.2, -0.15) is 0 Å². The molecule has 0 bridgehead atoms. The van der Waals surface area contributed by atoms with E-state index in [1.807, 2.05) is 36.1 Å². The number of aryl methyl sites for hydroxylation is 1. The van der Waals surface area contributed by atoms with Crippen LogP contribution in [-0.2, 0) is 9.53 Å². The fourth-order valence-electron chi connectivity index (χ4n) is 2.72. The third-order valence-electron chi connectivity index (χ3n) is 3.98. The highest BCUT2D eigenvalue weighted by Gasteiger charge is 2.33. The van der Waals surface area contributed by atoms with Crippen LogP contribution in [0.3, 0.4) is 0 Å². The molecule has 1 amide bonds. The van der Waals surface area contributed by atoms with E-state index in [-0.39, 0.29) is 12.0 Å². The van der Waals surface area contributed by atoms with Crippen LogP contribution < -0.4 is 4.74 Å². The van der Waals surface area contributed by atoms with Crippen LogP contribution in [-0.4, -0.2) is 43.2 Å². The van der Waals surface area contributed by atoms with Crippen LogP contribution in [0.1, 0.15) is 18.4 Å². The molecule has 1 unspecified atom stereocenters. The maximum Gasteiger partial charge on any atom is 0.223 e. The molecule has 3 rings (SSSR count). The first-order chi connectivity index (χ1) is 9.70. The zero-order valence-electron chi connectivity index (χ0n) is 11.9. The monoisotopic (exact) mass is 275 g/mol. The Labute approximate surface area is 119 Å². The second-order valence-corrected chi connectivity index (χ2v) is 5.79. The summed E-state index contributed by atoms with van der Waals surface area (Å²) in [5.41, 5.74) is 1.19. The van der Waals surface area contributed by atoms with Crippen molar-refractivity contribution in [3.63, 3.8) is 0 Å². The van der Waals surface area contributed by atoms with Gasteiger partial charge >= 0.3 is 0 Å².